The van der Waals surface area contributed by atoms with Crippen LogP contribution >= 0.6 is 0 Å². The van der Waals surface area contributed by atoms with E-state index in [2.05, 4.69) is 10.1 Å². The predicted molar refractivity (Wildman–Crippen MR) is 105 cm³/mol. The van der Waals surface area contributed by atoms with E-state index in [4.69, 9.17) is 18.7 Å². The average Bonchev–Trinajstić information content (AvgIpc) is 3.11. The molecule has 0 N–H and O–H groups in total. The van der Waals surface area contributed by atoms with Crippen molar-refractivity contribution in [1.29, 1.82) is 0 Å². The number of rotatable bonds is 8. The number of nitrogens with zero attached hydrogens (tertiary/aromatic N) is 2. The van der Waals surface area contributed by atoms with Crippen molar-refractivity contribution >= 4 is 0 Å². The molecule has 6 nitrogen and oxygen atoms in total. The standard InChI is InChI=1S/C22H23FN2O4/c1-15-9-17(24-29-15)14-27-22-10-16(7-8-21(22)26-2)11-25-12-18(13-25)28-20-6-4-3-5-19(20)23/h3-10,18H,11-14H2,1-2H3. The molecule has 0 spiro atoms. The summed E-state index contributed by atoms with van der Waals surface area (Å²) in [7, 11) is 1.61. The second-order valence-corrected chi connectivity index (χ2v) is 7.07. The number of aromatic nitrogens is 1. The number of halogens is 1. The maximum atomic E-state index is 13.7. The Balaban J connectivity index is 1.33. The molecule has 7 heteroatoms. The molecule has 0 atom stereocenters. The minimum Gasteiger partial charge on any atom is -0.493 e. The van der Waals surface area contributed by atoms with Gasteiger partial charge in [0.15, 0.2) is 23.1 Å². The summed E-state index contributed by atoms with van der Waals surface area (Å²) >= 11 is 0. The van der Waals surface area contributed by atoms with Crippen LogP contribution < -0.4 is 14.2 Å². The van der Waals surface area contributed by atoms with Crippen LogP contribution in [0.3, 0.4) is 0 Å². The Bertz CT molecular complexity index is 969. The smallest absolute Gasteiger partial charge is 0.165 e. The molecule has 3 aromatic rings. The van der Waals surface area contributed by atoms with E-state index in [1.165, 1.54) is 6.07 Å². The fraction of sp³-hybridized carbons (Fsp3) is 0.318. The van der Waals surface area contributed by atoms with Gasteiger partial charge in [-0.2, -0.15) is 0 Å². The molecule has 0 bridgehead atoms. The van der Waals surface area contributed by atoms with Crippen molar-refractivity contribution in [3.63, 3.8) is 0 Å². The van der Waals surface area contributed by atoms with Gasteiger partial charge in [-0.1, -0.05) is 23.4 Å². The molecule has 1 fully saturated rings. The summed E-state index contributed by atoms with van der Waals surface area (Å²) in [5, 5.41) is 3.94. The highest BCUT2D eigenvalue weighted by atomic mass is 19.1. The van der Waals surface area contributed by atoms with Gasteiger partial charge in [0.25, 0.3) is 0 Å². The second-order valence-electron chi connectivity index (χ2n) is 7.07. The summed E-state index contributed by atoms with van der Waals surface area (Å²) in [6.07, 6.45) is -0.00345. The molecule has 0 radical (unpaired) electrons. The highest BCUT2D eigenvalue weighted by molar-refractivity contribution is 5.43. The van der Waals surface area contributed by atoms with E-state index >= 15 is 0 Å². The molecule has 0 unspecified atom stereocenters. The van der Waals surface area contributed by atoms with Crippen LogP contribution in [0.1, 0.15) is 17.0 Å². The molecule has 29 heavy (non-hydrogen) atoms. The normalized spacial score (nSPS) is 14.4. The number of ether oxygens (including phenoxy) is 3. The van der Waals surface area contributed by atoms with Crippen LogP contribution in [0.25, 0.3) is 0 Å². The summed E-state index contributed by atoms with van der Waals surface area (Å²) in [5.74, 6) is 2.04. The molecule has 152 valence electrons. The van der Waals surface area contributed by atoms with E-state index in [0.717, 1.165) is 36.7 Å². The number of aryl methyl sites for hydroxylation is 1. The molecule has 0 aliphatic carbocycles. The Kier molecular flexibility index (Phi) is 5.67. The van der Waals surface area contributed by atoms with Gasteiger partial charge >= 0.3 is 0 Å². The SMILES string of the molecule is COc1ccc(CN2CC(Oc3ccccc3F)C2)cc1OCc1cc(C)on1. The number of hydrogen-bond donors (Lipinski definition) is 0. The van der Waals surface area contributed by atoms with Crippen molar-refractivity contribution in [2.24, 2.45) is 0 Å². The van der Waals surface area contributed by atoms with Gasteiger partial charge in [0.2, 0.25) is 0 Å². The Morgan fingerprint density at radius 3 is 2.66 bits per heavy atom. The third kappa shape index (κ3) is 4.68. The van der Waals surface area contributed by atoms with Gasteiger partial charge in [-0.25, -0.2) is 4.39 Å². The third-order valence-electron chi connectivity index (χ3n) is 4.74. The minimum atomic E-state index is -0.329. The Morgan fingerprint density at radius 1 is 1.10 bits per heavy atom. The first-order chi connectivity index (χ1) is 14.1. The van der Waals surface area contributed by atoms with Crippen LogP contribution in [0.15, 0.2) is 53.1 Å². The van der Waals surface area contributed by atoms with E-state index in [-0.39, 0.29) is 11.9 Å². The van der Waals surface area contributed by atoms with Gasteiger partial charge in [0.05, 0.1) is 7.11 Å². The zero-order valence-corrected chi connectivity index (χ0v) is 16.4. The first-order valence-corrected chi connectivity index (χ1v) is 9.46. The van der Waals surface area contributed by atoms with Crippen LogP contribution in [-0.2, 0) is 13.2 Å². The zero-order valence-electron chi connectivity index (χ0n) is 16.4. The molecule has 1 aliphatic heterocycles. The lowest BCUT2D eigenvalue weighted by atomic mass is 10.1. The van der Waals surface area contributed by atoms with Gasteiger partial charge in [-0.05, 0) is 36.8 Å². The van der Waals surface area contributed by atoms with Gasteiger partial charge < -0.3 is 18.7 Å². The molecule has 0 amide bonds. The number of benzene rings is 2. The largest absolute Gasteiger partial charge is 0.493 e. The highest BCUT2D eigenvalue weighted by Gasteiger charge is 2.29. The van der Waals surface area contributed by atoms with Crippen molar-refractivity contribution in [2.45, 2.75) is 26.2 Å². The number of para-hydroxylation sites is 1. The van der Waals surface area contributed by atoms with Crippen molar-refractivity contribution in [3.05, 3.63) is 71.4 Å². The van der Waals surface area contributed by atoms with Crippen molar-refractivity contribution in [1.82, 2.24) is 10.1 Å². The average molecular weight is 398 g/mol. The quantitative estimate of drug-likeness (QED) is 0.572. The molecule has 2 heterocycles. The van der Waals surface area contributed by atoms with Crippen LogP contribution in [0, 0.1) is 12.7 Å². The maximum Gasteiger partial charge on any atom is 0.165 e. The lowest BCUT2D eigenvalue weighted by Crippen LogP contribution is -2.53. The summed E-state index contributed by atoms with van der Waals surface area (Å²) in [6.45, 7) is 4.39. The van der Waals surface area contributed by atoms with Crippen LogP contribution in [0.5, 0.6) is 17.2 Å². The topological polar surface area (TPSA) is 57.0 Å². The lowest BCUT2D eigenvalue weighted by molar-refractivity contribution is 0.0123. The number of likely N-dealkylation sites (tertiary alicyclic amines) is 1. The molecule has 4 rings (SSSR count). The van der Waals surface area contributed by atoms with E-state index in [9.17, 15) is 4.39 Å². The molecule has 0 saturated carbocycles. The fourth-order valence-corrected chi connectivity index (χ4v) is 3.27. The van der Waals surface area contributed by atoms with Gasteiger partial charge in [0, 0.05) is 25.7 Å². The van der Waals surface area contributed by atoms with Crippen molar-refractivity contribution in [2.75, 3.05) is 20.2 Å². The van der Waals surface area contributed by atoms with E-state index in [1.54, 1.807) is 25.3 Å². The minimum absolute atomic E-state index is 0.00345. The Hall–Kier alpha value is -3.06. The van der Waals surface area contributed by atoms with Crippen molar-refractivity contribution < 1.29 is 23.1 Å². The monoisotopic (exact) mass is 398 g/mol. The van der Waals surface area contributed by atoms with Crippen LogP contribution in [0.4, 0.5) is 4.39 Å². The van der Waals surface area contributed by atoms with E-state index < -0.39 is 0 Å². The molecular formula is C22H23FN2O4. The summed E-state index contributed by atoms with van der Waals surface area (Å²) < 4.78 is 35.8. The van der Waals surface area contributed by atoms with Gasteiger partial charge in [-0.15, -0.1) is 0 Å². The number of methoxy groups -OCH3 is 1. The van der Waals surface area contributed by atoms with Crippen molar-refractivity contribution in [3.8, 4) is 17.2 Å². The Labute approximate surface area is 168 Å². The molecule has 1 saturated heterocycles. The summed E-state index contributed by atoms with van der Waals surface area (Å²) in [6, 6.07) is 14.2. The maximum absolute atomic E-state index is 13.7. The highest BCUT2D eigenvalue weighted by Crippen LogP contribution is 2.30. The predicted octanol–water partition coefficient (Wildman–Crippen LogP) is 3.97. The first kappa shape index (κ1) is 19.3. The molecular weight excluding hydrogens is 375 g/mol. The first-order valence-electron chi connectivity index (χ1n) is 9.46. The lowest BCUT2D eigenvalue weighted by Gasteiger charge is -2.39. The van der Waals surface area contributed by atoms with Crippen LogP contribution in [0.2, 0.25) is 0 Å². The third-order valence-corrected chi connectivity index (χ3v) is 4.74. The second kappa shape index (κ2) is 8.53. The molecule has 1 aromatic heterocycles. The zero-order chi connectivity index (χ0) is 20.2. The summed E-state index contributed by atoms with van der Waals surface area (Å²) in [4.78, 5) is 2.23. The van der Waals surface area contributed by atoms with E-state index in [1.807, 2.05) is 31.2 Å². The van der Waals surface area contributed by atoms with Gasteiger partial charge in [-0.3, -0.25) is 4.90 Å². The molecule has 2 aromatic carbocycles. The Morgan fingerprint density at radius 2 is 1.93 bits per heavy atom. The summed E-state index contributed by atoms with van der Waals surface area (Å²) in [5.41, 5.74) is 1.83. The van der Waals surface area contributed by atoms with Gasteiger partial charge in [0.1, 0.15) is 24.2 Å². The van der Waals surface area contributed by atoms with E-state index in [0.29, 0.717) is 23.9 Å². The molecule has 1 aliphatic rings. The van der Waals surface area contributed by atoms with Crippen LogP contribution in [-0.4, -0.2) is 36.4 Å². The fourth-order valence-electron chi connectivity index (χ4n) is 3.27. The number of hydrogen-bond acceptors (Lipinski definition) is 6.